The lowest BCUT2D eigenvalue weighted by Gasteiger charge is -2.01. The molecule has 0 fully saturated rings. The molecule has 0 saturated heterocycles. The van der Waals surface area contributed by atoms with E-state index in [-0.39, 0.29) is 23.1 Å². The molecule has 2 N–H and O–H groups in total. The summed E-state index contributed by atoms with van der Waals surface area (Å²) in [4.78, 5) is 30.9. The van der Waals surface area contributed by atoms with E-state index in [9.17, 15) is 9.59 Å². The van der Waals surface area contributed by atoms with Crippen LogP contribution < -0.4 is 5.73 Å². The fourth-order valence-corrected chi connectivity index (χ4v) is 1.15. The molecule has 0 aromatic carbocycles. The van der Waals surface area contributed by atoms with E-state index in [4.69, 9.17) is 5.73 Å². The van der Waals surface area contributed by atoms with E-state index in [1.807, 2.05) is 0 Å². The fourth-order valence-electron chi connectivity index (χ4n) is 1.15. The highest BCUT2D eigenvalue weighted by Gasteiger charge is 2.34. The molecule has 13 heavy (non-hydrogen) atoms. The van der Waals surface area contributed by atoms with Crippen molar-refractivity contribution in [1.29, 1.82) is 0 Å². The average Bonchev–Trinajstić information content (AvgIpc) is 2.32. The number of hydrogen-bond acceptors (Lipinski definition) is 5. The number of anilines is 1. The summed E-state index contributed by atoms with van der Waals surface area (Å²) in [6.07, 6.45) is 1.27. The van der Waals surface area contributed by atoms with E-state index in [2.05, 4.69) is 9.97 Å². The summed E-state index contributed by atoms with van der Waals surface area (Å²) in [5, 5.41) is 0. The van der Waals surface area contributed by atoms with Crippen molar-refractivity contribution in [3.63, 3.8) is 0 Å². The predicted octanol–water partition coefficient (Wildman–Crippen LogP) is -0.715. The monoisotopic (exact) mass is 178 g/mol. The Balaban J connectivity index is 2.67. The number of imide groups is 1. The Bertz CT molecular complexity index is 415. The zero-order valence-corrected chi connectivity index (χ0v) is 6.81. The molecule has 0 aliphatic carbocycles. The third kappa shape index (κ3) is 0.883. The summed E-state index contributed by atoms with van der Waals surface area (Å²) in [7, 11) is 1.39. The number of nitrogen functional groups attached to an aromatic ring is 1. The first-order chi connectivity index (χ1) is 6.11. The normalized spacial score (nSPS) is 15.0. The van der Waals surface area contributed by atoms with E-state index < -0.39 is 5.91 Å². The number of nitrogens with zero attached hydrogens (tertiary/aromatic N) is 3. The average molecular weight is 178 g/mol. The summed E-state index contributed by atoms with van der Waals surface area (Å²) in [5.74, 6) is -0.829. The molecule has 6 nitrogen and oxygen atoms in total. The van der Waals surface area contributed by atoms with Crippen LogP contribution in [0, 0.1) is 0 Å². The van der Waals surface area contributed by atoms with Crippen LogP contribution >= 0.6 is 0 Å². The molecule has 1 aliphatic heterocycles. The highest BCUT2D eigenvalue weighted by Crippen LogP contribution is 2.18. The van der Waals surface area contributed by atoms with Gasteiger partial charge >= 0.3 is 0 Å². The summed E-state index contributed by atoms with van der Waals surface area (Å²) < 4.78 is 0. The van der Waals surface area contributed by atoms with Crippen LogP contribution in [-0.2, 0) is 0 Å². The van der Waals surface area contributed by atoms with Crippen LogP contribution in [0.15, 0.2) is 6.20 Å². The number of rotatable bonds is 0. The quantitative estimate of drug-likeness (QED) is 0.530. The zero-order chi connectivity index (χ0) is 9.59. The first-order valence-electron chi connectivity index (χ1n) is 3.56. The Morgan fingerprint density at radius 1 is 1.38 bits per heavy atom. The molecule has 2 rings (SSSR count). The Labute approximate surface area is 73.4 Å². The van der Waals surface area contributed by atoms with Crippen LogP contribution in [0.5, 0.6) is 0 Å². The third-order valence-corrected chi connectivity index (χ3v) is 1.85. The Morgan fingerprint density at radius 2 is 2.08 bits per heavy atom. The molecule has 0 atom stereocenters. The topological polar surface area (TPSA) is 89.2 Å². The second-order valence-corrected chi connectivity index (χ2v) is 2.66. The smallest absolute Gasteiger partial charge is 0.280 e. The predicted molar refractivity (Wildman–Crippen MR) is 42.9 cm³/mol. The fraction of sp³-hybridized carbons (Fsp3) is 0.143. The maximum Gasteiger partial charge on any atom is 0.280 e. The number of amides is 2. The van der Waals surface area contributed by atoms with Crippen molar-refractivity contribution in [2.24, 2.45) is 0 Å². The van der Waals surface area contributed by atoms with Crippen molar-refractivity contribution in [2.45, 2.75) is 0 Å². The first-order valence-corrected chi connectivity index (χ1v) is 3.56. The molecule has 0 saturated carbocycles. The molecule has 2 amide bonds. The van der Waals surface area contributed by atoms with E-state index in [1.165, 1.54) is 13.2 Å². The van der Waals surface area contributed by atoms with Crippen molar-refractivity contribution in [3.8, 4) is 0 Å². The molecule has 0 spiro atoms. The maximum atomic E-state index is 11.3. The molecule has 1 aliphatic rings. The molecular weight excluding hydrogens is 172 g/mol. The number of carbonyl (C=O) groups excluding carboxylic acids is 2. The van der Waals surface area contributed by atoms with E-state index >= 15 is 0 Å². The van der Waals surface area contributed by atoms with E-state index in [1.54, 1.807) is 0 Å². The van der Waals surface area contributed by atoms with Crippen molar-refractivity contribution in [2.75, 3.05) is 12.8 Å². The number of fused-ring (bicyclic) bond motifs is 1. The summed E-state index contributed by atoms with van der Waals surface area (Å²) in [5.41, 5.74) is 5.57. The van der Waals surface area contributed by atoms with Crippen LogP contribution in [-0.4, -0.2) is 33.7 Å². The highest BCUT2D eigenvalue weighted by atomic mass is 16.2. The minimum absolute atomic E-state index is 0.00444. The minimum atomic E-state index is -0.436. The molecule has 1 aromatic heterocycles. The first kappa shape index (κ1) is 7.66. The summed E-state index contributed by atoms with van der Waals surface area (Å²) >= 11 is 0. The zero-order valence-electron chi connectivity index (χ0n) is 6.81. The van der Waals surface area contributed by atoms with Crippen LogP contribution in [0.2, 0.25) is 0 Å². The Hall–Kier alpha value is -1.98. The molecule has 0 bridgehead atoms. The number of hydrogen-bond donors (Lipinski definition) is 1. The Kier molecular flexibility index (Phi) is 1.33. The standard InChI is InChI=1S/C7H6N4O2/c1-11-5(12)3-2-9-7(8)10-4(3)6(11)13/h2H,1H3,(H2,8,9,10). The lowest BCUT2D eigenvalue weighted by molar-refractivity contribution is 0.0691. The largest absolute Gasteiger partial charge is 0.368 e. The van der Waals surface area contributed by atoms with Crippen LogP contribution in [0.4, 0.5) is 5.95 Å². The Morgan fingerprint density at radius 3 is 2.77 bits per heavy atom. The van der Waals surface area contributed by atoms with Gasteiger partial charge in [-0.05, 0) is 0 Å². The molecule has 1 aromatic rings. The molecule has 6 heteroatoms. The minimum Gasteiger partial charge on any atom is -0.368 e. The van der Waals surface area contributed by atoms with Crippen molar-refractivity contribution < 1.29 is 9.59 Å². The van der Waals surface area contributed by atoms with Gasteiger partial charge in [0, 0.05) is 13.2 Å². The SMILES string of the molecule is CN1C(=O)c2cnc(N)nc2C1=O. The van der Waals surface area contributed by atoms with Gasteiger partial charge in [0.25, 0.3) is 11.8 Å². The molecule has 2 heterocycles. The molecule has 66 valence electrons. The van der Waals surface area contributed by atoms with Gasteiger partial charge in [0.2, 0.25) is 5.95 Å². The second kappa shape index (κ2) is 2.25. The van der Waals surface area contributed by atoms with E-state index in [0.717, 1.165) is 4.90 Å². The maximum absolute atomic E-state index is 11.3. The van der Waals surface area contributed by atoms with Gasteiger partial charge in [0.05, 0.1) is 5.56 Å². The molecular formula is C7H6N4O2. The van der Waals surface area contributed by atoms with Gasteiger partial charge in [-0.25, -0.2) is 9.97 Å². The second-order valence-electron chi connectivity index (χ2n) is 2.66. The van der Waals surface area contributed by atoms with Gasteiger partial charge in [-0.3, -0.25) is 14.5 Å². The number of carbonyl (C=O) groups is 2. The van der Waals surface area contributed by atoms with Gasteiger partial charge in [-0.15, -0.1) is 0 Å². The molecule has 0 unspecified atom stereocenters. The highest BCUT2D eigenvalue weighted by molar-refractivity contribution is 6.20. The van der Waals surface area contributed by atoms with Gasteiger partial charge in [-0.2, -0.15) is 0 Å². The van der Waals surface area contributed by atoms with Crippen molar-refractivity contribution >= 4 is 17.8 Å². The lowest BCUT2D eigenvalue weighted by Crippen LogP contribution is -2.24. The van der Waals surface area contributed by atoms with Gasteiger partial charge in [0.15, 0.2) is 0 Å². The van der Waals surface area contributed by atoms with Crippen LogP contribution in [0.1, 0.15) is 20.8 Å². The summed E-state index contributed by atoms with van der Waals surface area (Å²) in [6.45, 7) is 0. The van der Waals surface area contributed by atoms with Crippen LogP contribution in [0.3, 0.4) is 0 Å². The van der Waals surface area contributed by atoms with Gasteiger partial charge in [0.1, 0.15) is 5.69 Å². The van der Waals surface area contributed by atoms with Crippen molar-refractivity contribution in [3.05, 3.63) is 17.5 Å². The van der Waals surface area contributed by atoms with Crippen LogP contribution in [0.25, 0.3) is 0 Å². The van der Waals surface area contributed by atoms with Gasteiger partial charge in [-0.1, -0.05) is 0 Å². The number of aromatic nitrogens is 2. The lowest BCUT2D eigenvalue weighted by atomic mass is 10.3. The molecule has 0 radical (unpaired) electrons. The van der Waals surface area contributed by atoms with Crippen molar-refractivity contribution in [1.82, 2.24) is 14.9 Å². The van der Waals surface area contributed by atoms with Gasteiger partial charge < -0.3 is 5.73 Å². The van der Waals surface area contributed by atoms with E-state index in [0.29, 0.717) is 0 Å². The number of nitrogens with two attached hydrogens (primary N) is 1. The summed E-state index contributed by atoms with van der Waals surface area (Å²) in [6, 6.07) is 0. The third-order valence-electron chi connectivity index (χ3n) is 1.85.